The van der Waals surface area contributed by atoms with Crippen LogP contribution in [0.1, 0.15) is 21.5 Å². The van der Waals surface area contributed by atoms with Crippen molar-refractivity contribution in [2.24, 2.45) is 0 Å². The molecule has 10 nitrogen and oxygen atoms in total. The average molecular weight is 394 g/mol. The number of nitro groups is 2. The molecule has 2 aromatic carbocycles. The number of carbonyl (C=O) groups is 1. The first-order valence-corrected chi connectivity index (χ1v) is 8.23. The molecular weight excluding hydrogens is 380 g/mol. The van der Waals surface area contributed by atoms with Gasteiger partial charge in [0.05, 0.1) is 22.5 Å². The van der Waals surface area contributed by atoms with Crippen molar-refractivity contribution in [3.63, 3.8) is 0 Å². The maximum Gasteiger partial charge on any atom is 0.338 e. The first-order chi connectivity index (χ1) is 13.7. The second kappa shape index (κ2) is 7.05. The molecule has 1 aliphatic rings. The minimum absolute atomic E-state index is 0.0575. The van der Waals surface area contributed by atoms with Gasteiger partial charge in [-0.15, -0.1) is 0 Å². The molecule has 0 aliphatic heterocycles. The van der Waals surface area contributed by atoms with E-state index in [0.29, 0.717) is 16.7 Å². The fourth-order valence-electron chi connectivity index (χ4n) is 3.34. The van der Waals surface area contributed by atoms with Crippen molar-refractivity contribution >= 4 is 22.9 Å². The monoisotopic (exact) mass is 394 g/mol. The number of hydrogen-bond donors (Lipinski definition) is 0. The van der Waals surface area contributed by atoms with Gasteiger partial charge in [0.25, 0.3) is 11.4 Å². The molecule has 0 amide bonds. The van der Waals surface area contributed by atoms with Crippen LogP contribution < -0.4 is 0 Å². The van der Waals surface area contributed by atoms with E-state index in [2.05, 4.69) is 0 Å². The summed E-state index contributed by atoms with van der Waals surface area (Å²) < 4.78 is 4.78. The third-order valence-electron chi connectivity index (χ3n) is 4.55. The van der Waals surface area contributed by atoms with Crippen LogP contribution in [0.15, 0.2) is 36.0 Å². The lowest BCUT2D eigenvalue weighted by molar-refractivity contribution is -0.385. The Morgan fingerprint density at radius 3 is 2.17 bits per heavy atom. The smallest absolute Gasteiger partial charge is 0.338 e. The predicted molar refractivity (Wildman–Crippen MR) is 102 cm³/mol. The van der Waals surface area contributed by atoms with Crippen molar-refractivity contribution < 1.29 is 19.4 Å². The SMILES string of the molecule is COC(=O)c1cc([N+](=O)[O-])cc2c1-c1ccc([N+](=O)[O-])cc1/C2=C(/C#N)N(C)C. The second-order valence-electron chi connectivity index (χ2n) is 6.38. The fourth-order valence-corrected chi connectivity index (χ4v) is 3.34. The molecule has 0 saturated carbocycles. The van der Waals surface area contributed by atoms with Gasteiger partial charge in [-0.1, -0.05) is 0 Å². The van der Waals surface area contributed by atoms with Gasteiger partial charge < -0.3 is 9.64 Å². The summed E-state index contributed by atoms with van der Waals surface area (Å²) in [7, 11) is 4.37. The van der Waals surface area contributed by atoms with E-state index in [1.165, 1.54) is 29.2 Å². The molecule has 29 heavy (non-hydrogen) atoms. The molecule has 0 aromatic heterocycles. The number of non-ortho nitro benzene ring substituents is 2. The molecule has 2 aromatic rings. The Morgan fingerprint density at radius 1 is 1.03 bits per heavy atom. The van der Waals surface area contributed by atoms with Crippen molar-refractivity contribution in [1.29, 1.82) is 5.26 Å². The Balaban J connectivity index is 2.53. The first kappa shape index (κ1) is 19.5. The highest BCUT2D eigenvalue weighted by Crippen LogP contribution is 2.50. The number of rotatable bonds is 4. The van der Waals surface area contributed by atoms with Crippen LogP contribution in [0, 0.1) is 31.6 Å². The number of allylic oxidation sites excluding steroid dienone is 1. The lowest BCUT2D eigenvalue weighted by Crippen LogP contribution is -2.12. The minimum Gasteiger partial charge on any atom is -0.465 e. The summed E-state index contributed by atoms with van der Waals surface area (Å²) in [6.45, 7) is 0. The average Bonchev–Trinajstić information content (AvgIpc) is 3.00. The molecule has 0 radical (unpaired) electrons. The highest BCUT2D eigenvalue weighted by atomic mass is 16.6. The molecule has 0 heterocycles. The molecule has 0 unspecified atom stereocenters. The maximum atomic E-state index is 12.4. The van der Waals surface area contributed by atoms with Crippen LogP contribution in [0.25, 0.3) is 16.7 Å². The summed E-state index contributed by atoms with van der Waals surface area (Å²) in [5.74, 6) is -0.793. The molecule has 0 atom stereocenters. The van der Waals surface area contributed by atoms with E-state index >= 15 is 0 Å². The van der Waals surface area contributed by atoms with Crippen molar-refractivity contribution in [3.05, 3.63) is 72.9 Å². The molecule has 146 valence electrons. The number of nitrogens with zero attached hydrogens (tertiary/aromatic N) is 4. The number of ether oxygens (including phenoxy) is 1. The molecule has 0 bridgehead atoms. The number of fused-ring (bicyclic) bond motifs is 3. The summed E-state index contributed by atoms with van der Waals surface area (Å²) in [5, 5.41) is 32.4. The molecule has 0 spiro atoms. The maximum absolute atomic E-state index is 12.4. The van der Waals surface area contributed by atoms with Crippen molar-refractivity contribution in [3.8, 4) is 17.2 Å². The molecule has 0 saturated heterocycles. The van der Waals surface area contributed by atoms with Crippen LogP contribution >= 0.6 is 0 Å². The van der Waals surface area contributed by atoms with Crippen molar-refractivity contribution in [2.45, 2.75) is 0 Å². The van der Waals surface area contributed by atoms with Gasteiger partial charge in [0, 0.05) is 55.1 Å². The highest BCUT2D eigenvalue weighted by molar-refractivity contribution is 6.11. The summed E-state index contributed by atoms with van der Waals surface area (Å²) >= 11 is 0. The van der Waals surface area contributed by atoms with E-state index in [1.54, 1.807) is 14.1 Å². The summed E-state index contributed by atoms with van der Waals surface area (Å²) in [6.07, 6.45) is 0. The summed E-state index contributed by atoms with van der Waals surface area (Å²) in [4.78, 5) is 35.3. The molecule has 3 rings (SSSR count). The predicted octanol–water partition coefficient (Wildman–Crippen LogP) is 3.11. The van der Waals surface area contributed by atoms with E-state index in [-0.39, 0.29) is 33.8 Å². The number of nitro benzene ring substituents is 2. The third kappa shape index (κ3) is 3.04. The lowest BCUT2D eigenvalue weighted by atomic mass is 9.97. The molecule has 10 heteroatoms. The summed E-state index contributed by atoms with van der Waals surface area (Å²) in [6, 6.07) is 8.41. The molecule has 1 aliphatic carbocycles. The zero-order valence-corrected chi connectivity index (χ0v) is 15.6. The minimum atomic E-state index is -0.793. The topological polar surface area (TPSA) is 140 Å². The van der Waals surface area contributed by atoms with Gasteiger partial charge in [-0.05, 0) is 17.2 Å². The Labute approximate surface area is 164 Å². The normalized spacial score (nSPS) is 13.0. The van der Waals surface area contributed by atoms with Gasteiger partial charge in [0.15, 0.2) is 0 Å². The van der Waals surface area contributed by atoms with E-state index in [9.17, 15) is 30.3 Å². The van der Waals surface area contributed by atoms with Crippen LogP contribution in [-0.4, -0.2) is 41.9 Å². The standard InChI is InChI=1S/C19H14N4O6/c1-21(2)16(9-20)18-13-6-10(22(25)26)4-5-12(13)17-14(18)7-11(23(27)28)8-15(17)19(24)29-3/h4-8H,1-3H3/b18-16+. The van der Waals surface area contributed by atoms with Gasteiger partial charge in [-0.25, -0.2) is 4.79 Å². The Morgan fingerprint density at radius 2 is 1.66 bits per heavy atom. The zero-order chi connectivity index (χ0) is 21.5. The third-order valence-corrected chi connectivity index (χ3v) is 4.55. The number of carbonyl (C=O) groups excluding carboxylic acids is 1. The Hall–Kier alpha value is -4.26. The fraction of sp³-hybridized carbons (Fsp3) is 0.158. The summed E-state index contributed by atoms with van der Waals surface area (Å²) in [5.41, 5.74) is 1.17. The van der Waals surface area contributed by atoms with Crippen LogP contribution in [0.2, 0.25) is 0 Å². The lowest BCUT2D eigenvalue weighted by Gasteiger charge is -2.15. The largest absolute Gasteiger partial charge is 0.465 e. The first-order valence-electron chi connectivity index (χ1n) is 8.23. The Kier molecular flexibility index (Phi) is 4.74. The van der Waals surface area contributed by atoms with E-state index in [0.717, 1.165) is 13.2 Å². The van der Waals surface area contributed by atoms with Crippen LogP contribution in [0.3, 0.4) is 0 Å². The van der Waals surface area contributed by atoms with Crippen LogP contribution in [0.5, 0.6) is 0 Å². The quantitative estimate of drug-likeness (QED) is 0.284. The molecule has 0 fully saturated rings. The van der Waals surface area contributed by atoms with E-state index in [1.807, 2.05) is 6.07 Å². The number of hydrogen-bond acceptors (Lipinski definition) is 8. The van der Waals surface area contributed by atoms with E-state index < -0.39 is 15.8 Å². The van der Waals surface area contributed by atoms with Crippen LogP contribution in [0.4, 0.5) is 11.4 Å². The number of benzene rings is 2. The van der Waals surface area contributed by atoms with Crippen LogP contribution in [-0.2, 0) is 4.74 Å². The van der Waals surface area contributed by atoms with Gasteiger partial charge >= 0.3 is 5.97 Å². The van der Waals surface area contributed by atoms with Crippen molar-refractivity contribution in [1.82, 2.24) is 4.90 Å². The number of nitriles is 1. The highest BCUT2D eigenvalue weighted by Gasteiger charge is 2.35. The molecular formula is C19H14N4O6. The van der Waals surface area contributed by atoms with Gasteiger partial charge in [0.2, 0.25) is 0 Å². The second-order valence-corrected chi connectivity index (χ2v) is 6.38. The van der Waals surface area contributed by atoms with Gasteiger partial charge in [0.1, 0.15) is 11.8 Å². The molecule has 0 N–H and O–H groups in total. The zero-order valence-electron chi connectivity index (χ0n) is 15.6. The van der Waals surface area contributed by atoms with E-state index in [4.69, 9.17) is 4.74 Å². The number of methoxy groups -OCH3 is 1. The van der Waals surface area contributed by atoms with Gasteiger partial charge in [-0.3, -0.25) is 20.2 Å². The van der Waals surface area contributed by atoms with Gasteiger partial charge in [-0.2, -0.15) is 5.26 Å². The number of esters is 1. The Bertz CT molecular complexity index is 1160. The van der Waals surface area contributed by atoms with Crippen molar-refractivity contribution in [2.75, 3.05) is 21.2 Å².